The van der Waals surface area contributed by atoms with Crippen molar-refractivity contribution < 1.29 is 4.79 Å². The molecule has 1 rings (SSSR count). The second kappa shape index (κ2) is 6.87. The molecule has 0 fully saturated rings. The van der Waals surface area contributed by atoms with Gasteiger partial charge < -0.3 is 4.90 Å². The summed E-state index contributed by atoms with van der Waals surface area (Å²) in [4.78, 5) is 17.8. The number of nitrogens with zero attached hydrogens (tertiary/aromatic N) is 2. The quantitative estimate of drug-likeness (QED) is 0.773. The lowest BCUT2D eigenvalue weighted by atomic mass is 10.2. The van der Waals surface area contributed by atoms with Gasteiger partial charge in [-0.25, -0.2) is 4.98 Å². The molecule has 1 atom stereocenters. The number of halogens is 1. The third-order valence-corrected chi connectivity index (χ3v) is 3.55. The maximum Gasteiger partial charge on any atom is 0.254 e. The fourth-order valence-electron chi connectivity index (χ4n) is 1.42. The van der Waals surface area contributed by atoms with Crippen LogP contribution in [-0.4, -0.2) is 40.9 Å². The van der Waals surface area contributed by atoms with Crippen molar-refractivity contribution in [1.82, 2.24) is 9.88 Å². The van der Waals surface area contributed by atoms with Crippen LogP contribution in [0.15, 0.2) is 18.3 Å². The molecule has 0 aliphatic carbocycles. The van der Waals surface area contributed by atoms with Crippen LogP contribution in [0.5, 0.6) is 0 Å². The predicted molar refractivity (Wildman–Crippen MR) is 73.8 cm³/mol. The Labute approximate surface area is 112 Å². The molecule has 1 heterocycles. The molecule has 1 unspecified atom stereocenters. The van der Waals surface area contributed by atoms with Crippen LogP contribution in [0.25, 0.3) is 0 Å². The zero-order valence-corrected chi connectivity index (χ0v) is 11.9. The Hall–Kier alpha value is -0.740. The zero-order chi connectivity index (χ0) is 12.8. The molecular formula is C12H17ClN2OS. The monoisotopic (exact) mass is 272 g/mol. The Morgan fingerprint density at radius 2 is 2.35 bits per heavy atom. The van der Waals surface area contributed by atoms with E-state index in [1.165, 1.54) is 0 Å². The van der Waals surface area contributed by atoms with Crippen LogP contribution < -0.4 is 0 Å². The Balaban J connectivity index is 2.69. The molecule has 94 valence electrons. The summed E-state index contributed by atoms with van der Waals surface area (Å²) in [6, 6.07) is 3.51. The third-order valence-electron chi connectivity index (χ3n) is 2.69. The van der Waals surface area contributed by atoms with Crippen LogP contribution in [0.2, 0.25) is 5.15 Å². The van der Waals surface area contributed by atoms with E-state index < -0.39 is 0 Å². The van der Waals surface area contributed by atoms with Crippen molar-refractivity contribution in [2.45, 2.75) is 19.4 Å². The summed E-state index contributed by atoms with van der Waals surface area (Å²) in [5, 5.41) is 0.348. The molecule has 1 amide bonds. The van der Waals surface area contributed by atoms with Crippen molar-refractivity contribution in [1.29, 1.82) is 0 Å². The van der Waals surface area contributed by atoms with E-state index in [1.54, 1.807) is 35.0 Å². The summed E-state index contributed by atoms with van der Waals surface area (Å²) in [6.45, 7) is 2.05. The fourth-order valence-corrected chi connectivity index (χ4v) is 2.17. The summed E-state index contributed by atoms with van der Waals surface area (Å²) >= 11 is 7.56. The molecule has 0 bridgehead atoms. The van der Waals surface area contributed by atoms with Crippen molar-refractivity contribution in [3.05, 3.63) is 29.0 Å². The number of hydrogen-bond acceptors (Lipinski definition) is 3. The number of amides is 1. The number of thioether (sulfide) groups is 1. The van der Waals surface area contributed by atoms with Gasteiger partial charge in [0.15, 0.2) is 0 Å². The van der Waals surface area contributed by atoms with Gasteiger partial charge in [-0.2, -0.15) is 11.8 Å². The zero-order valence-electron chi connectivity index (χ0n) is 10.3. The Morgan fingerprint density at radius 3 is 2.94 bits per heavy atom. The predicted octanol–water partition coefficient (Wildman–Crippen LogP) is 2.95. The second-order valence-corrected chi connectivity index (χ2v) is 5.29. The molecule has 0 spiro atoms. The molecule has 1 aromatic heterocycles. The van der Waals surface area contributed by atoms with Gasteiger partial charge in [0.25, 0.3) is 5.91 Å². The highest BCUT2D eigenvalue weighted by Gasteiger charge is 2.17. The van der Waals surface area contributed by atoms with Gasteiger partial charge in [0.1, 0.15) is 5.15 Å². The SMILES string of the molecule is CSCCC(C)N(C)C(=O)c1ccnc(Cl)c1. The van der Waals surface area contributed by atoms with Gasteiger partial charge in [0.2, 0.25) is 0 Å². The maximum absolute atomic E-state index is 12.1. The summed E-state index contributed by atoms with van der Waals surface area (Å²) in [5.74, 6) is 1.04. The van der Waals surface area contributed by atoms with E-state index in [0.29, 0.717) is 10.7 Å². The molecule has 0 N–H and O–H groups in total. The lowest BCUT2D eigenvalue weighted by Crippen LogP contribution is -2.35. The number of hydrogen-bond donors (Lipinski definition) is 0. The lowest BCUT2D eigenvalue weighted by Gasteiger charge is -2.24. The molecule has 0 aliphatic heterocycles. The molecule has 3 nitrogen and oxygen atoms in total. The van der Waals surface area contributed by atoms with Crippen LogP contribution in [0.3, 0.4) is 0 Å². The van der Waals surface area contributed by atoms with Crippen LogP contribution in [0, 0.1) is 0 Å². The molecule has 0 radical (unpaired) electrons. The van der Waals surface area contributed by atoms with Gasteiger partial charge in [-0.3, -0.25) is 4.79 Å². The van der Waals surface area contributed by atoms with Crippen LogP contribution in [-0.2, 0) is 0 Å². The van der Waals surface area contributed by atoms with E-state index >= 15 is 0 Å². The van der Waals surface area contributed by atoms with Crippen molar-refractivity contribution in [2.24, 2.45) is 0 Å². The van der Waals surface area contributed by atoms with Gasteiger partial charge in [-0.15, -0.1) is 0 Å². The molecule has 17 heavy (non-hydrogen) atoms. The average molecular weight is 273 g/mol. The summed E-state index contributed by atoms with van der Waals surface area (Å²) in [7, 11) is 1.82. The molecule has 0 saturated heterocycles. The number of aromatic nitrogens is 1. The molecule has 0 saturated carbocycles. The Bertz CT molecular complexity index is 387. The second-order valence-electron chi connectivity index (χ2n) is 3.91. The molecule has 0 aromatic carbocycles. The van der Waals surface area contributed by atoms with Crippen molar-refractivity contribution in [2.75, 3.05) is 19.1 Å². The van der Waals surface area contributed by atoms with Crippen LogP contribution in [0.4, 0.5) is 0 Å². The highest BCUT2D eigenvalue weighted by molar-refractivity contribution is 7.98. The Morgan fingerprint density at radius 1 is 1.65 bits per heavy atom. The van der Waals surface area contributed by atoms with E-state index in [0.717, 1.165) is 12.2 Å². The molecule has 0 aliphatic rings. The van der Waals surface area contributed by atoms with Gasteiger partial charge in [0.05, 0.1) is 0 Å². The summed E-state index contributed by atoms with van der Waals surface area (Å²) in [5.41, 5.74) is 0.587. The van der Waals surface area contributed by atoms with Gasteiger partial charge >= 0.3 is 0 Å². The smallest absolute Gasteiger partial charge is 0.254 e. The van der Waals surface area contributed by atoms with E-state index in [4.69, 9.17) is 11.6 Å². The fraction of sp³-hybridized carbons (Fsp3) is 0.500. The van der Waals surface area contributed by atoms with Crippen LogP contribution in [0.1, 0.15) is 23.7 Å². The topological polar surface area (TPSA) is 33.2 Å². The number of rotatable bonds is 5. The minimum absolute atomic E-state index is 0.0112. The summed E-state index contributed by atoms with van der Waals surface area (Å²) in [6.07, 6.45) is 4.61. The van der Waals surface area contributed by atoms with E-state index in [2.05, 4.69) is 18.2 Å². The van der Waals surface area contributed by atoms with Crippen molar-refractivity contribution >= 4 is 29.3 Å². The first-order valence-corrected chi connectivity index (χ1v) is 7.21. The average Bonchev–Trinajstić information content (AvgIpc) is 2.34. The minimum atomic E-state index is -0.0112. The van der Waals surface area contributed by atoms with E-state index in [-0.39, 0.29) is 11.9 Å². The Kier molecular flexibility index (Phi) is 5.78. The molecule has 5 heteroatoms. The summed E-state index contributed by atoms with van der Waals surface area (Å²) < 4.78 is 0. The highest BCUT2D eigenvalue weighted by atomic mass is 35.5. The number of carbonyl (C=O) groups is 1. The standard InChI is InChI=1S/C12H17ClN2OS/c1-9(5-7-17-3)15(2)12(16)10-4-6-14-11(13)8-10/h4,6,8-9H,5,7H2,1-3H3. The first-order valence-electron chi connectivity index (χ1n) is 5.44. The maximum atomic E-state index is 12.1. The lowest BCUT2D eigenvalue weighted by molar-refractivity contribution is 0.0741. The van der Waals surface area contributed by atoms with E-state index in [1.807, 2.05) is 7.05 Å². The highest BCUT2D eigenvalue weighted by Crippen LogP contribution is 2.13. The minimum Gasteiger partial charge on any atom is -0.339 e. The number of carbonyl (C=O) groups excluding carboxylic acids is 1. The third kappa shape index (κ3) is 4.21. The molecule has 1 aromatic rings. The van der Waals surface area contributed by atoms with E-state index in [9.17, 15) is 4.79 Å². The van der Waals surface area contributed by atoms with Crippen molar-refractivity contribution in [3.8, 4) is 0 Å². The largest absolute Gasteiger partial charge is 0.339 e. The van der Waals surface area contributed by atoms with Gasteiger partial charge in [0, 0.05) is 24.8 Å². The normalized spacial score (nSPS) is 12.2. The van der Waals surface area contributed by atoms with Crippen LogP contribution >= 0.6 is 23.4 Å². The van der Waals surface area contributed by atoms with Gasteiger partial charge in [-0.1, -0.05) is 11.6 Å². The van der Waals surface area contributed by atoms with Gasteiger partial charge in [-0.05, 0) is 37.5 Å². The first kappa shape index (κ1) is 14.3. The number of pyridine rings is 1. The first-order chi connectivity index (χ1) is 8.06. The molecular weight excluding hydrogens is 256 g/mol. The van der Waals surface area contributed by atoms with Crippen molar-refractivity contribution in [3.63, 3.8) is 0 Å².